The summed E-state index contributed by atoms with van der Waals surface area (Å²) in [6.45, 7) is 4.28. The van der Waals surface area contributed by atoms with Crippen molar-refractivity contribution in [1.82, 2.24) is 15.1 Å². The molecule has 0 bridgehead atoms. The van der Waals surface area contributed by atoms with Gasteiger partial charge in [0, 0.05) is 37.0 Å². The first-order valence-electron chi connectivity index (χ1n) is 8.64. The van der Waals surface area contributed by atoms with Gasteiger partial charge in [-0.2, -0.15) is 5.10 Å². The number of anilines is 1. The Bertz CT molecular complexity index is 813. The summed E-state index contributed by atoms with van der Waals surface area (Å²) in [7, 11) is 3.47. The number of methoxy groups -OCH3 is 1. The first-order chi connectivity index (χ1) is 12.4. The number of amides is 2. The standard InChI is InChI=1S/C19H24N4O3/c1-12(17-10-20-22(3)13(17)2)21-19(25)14-9-18(24)23(11-14)15-5-7-16(26-4)8-6-15/h5-8,10,12,14H,9,11H2,1-4H3,(H,21,25)/t12-,14+/m0/s1. The summed E-state index contributed by atoms with van der Waals surface area (Å²) >= 11 is 0. The van der Waals surface area contributed by atoms with E-state index in [1.165, 1.54) is 0 Å². The number of nitrogens with one attached hydrogen (secondary N) is 1. The van der Waals surface area contributed by atoms with Crippen LogP contribution in [0.15, 0.2) is 30.5 Å². The van der Waals surface area contributed by atoms with Crippen LogP contribution in [0.1, 0.15) is 30.6 Å². The molecule has 1 aliphatic heterocycles. The minimum atomic E-state index is -0.357. The first-order valence-corrected chi connectivity index (χ1v) is 8.64. The Morgan fingerprint density at radius 1 is 1.35 bits per heavy atom. The number of nitrogens with zero attached hydrogens (tertiary/aromatic N) is 3. The highest BCUT2D eigenvalue weighted by Gasteiger charge is 2.35. The van der Waals surface area contributed by atoms with Crippen LogP contribution in [0.5, 0.6) is 5.75 Å². The fourth-order valence-corrected chi connectivity index (χ4v) is 3.24. The number of aryl methyl sites for hydroxylation is 1. The maximum Gasteiger partial charge on any atom is 0.227 e. The molecule has 1 N–H and O–H groups in total. The van der Waals surface area contributed by atoms with Crippen LogP contribution in [0.25, 0.3) is 0 Å². The highest BCUT2D eigenvalue weighted by molar-refractivity contribution is 6.00. The SMILES string of the molecule is COc1ccc(N2C[C@H](C(=O)N[C@@H](C)c3cnn(C)c3C)CC2=O)cc1. The molecule has 2 amide bonds. The summed E-state index contributed by atoms with van der Waals surface area (Å²) < 4.78 is 6.92. The Morgan fingerprint density at radius 2 is 2.04 bits per heavy atom. The maximum atomic E-state index is 12.6. The molecule has 0 aliphatic carbocycles. The molecular formula is C19H24N4O3. The molecule has 3 rings (SSSR count). The largest absolute Gasteiger partial charge is 0.497 e. The molecule has 7 nitrogen and oxygen atoms in total. The fourth-order valence-electron chi connectivity index (χ4n) is 3.24. The van der Waals surface area contributed by atoms with Crippen LogP contribution in [0.3, 0.4) is 0 Å². The molecule has 0 radical (unpaired) electrons. The monoisotopic (exact) mass is 356 g/mol. The van der Waals surface area contributed by atoms with Crippen molar-refractivity contribution in [2.75, 3.05) is 18.6 Å². The summed E-state index contributed by atoms with van der Waals surface area (Å²) in [6.07, 6.45) is 1.99. The second kappa shape index (κ2) is 7.19. The normalized spacial score (nSPS) is 18.1. The molecule has 1 aromatic carbocycles. The van der Waals surface area contributed by atoms with Crippen LogP contribution in [0, 0.1) is 12.8 Å². The number of carbonyl (C=O) groups excluding carboxylic acids is 2. The maximum absolute atomic E-state index is 12.6. The quantitative estimate of drug-likeness (QED) is 0.889. The van der Waals surface area contributed by atoms with Gasteiger partial charge in [-0.05, 0) is 38.1 Å². The summed E-state index contributed by atoms with van der Waals surface area (Å²) in [5, 5.41) is 7.22. The molecular weight excluding hydrogens is 332 g/mol. The van der Waals surface area contributed by atoms with Gasteiger partial charge in [-0.1, -0.05) is 0 Å². The van der Waals surface area contributed by atoms with Gasteiger partial charge in [0.1, 0.15) is 5.75 Å². The zero-order chi connectivity index (χ0) is 18.8. The van der Waals surface area contributed by atoms with Gasteiger partial charge >= 0.3 is 0 Å². The van der Waals surface area contributed by atoms with Crippen molar-refractivity contribution in [2.24, 2.45) is 13.0 Å². The first kappa shape index (κ1) is 18.0. The summed E-state index contributed by atoms with van der Waals surface area (Å²) in [5.41, 5.74) is 2.78. The topological polar surface area (TPSA) is 76.5 Å². The Balaban J connectivity index is 1.65. The number of carbonyl (C=O) groups is 2. The minimum absolute atomic E-state index is 0.0412. The molecule has 0 unspecified atom stereocenters. The predicted molar refractivity (Wildman–Crippen MR) is 98.0 cm³/mol. The molecule has 26 heavy (non-hydrogen) atoms. The van der Waals surface area contributed by atoms with Gasteiger partial charge in [0.05, 0.1) is 25.3 Å². The van der Waals surface area contributed by atoms with Gasteiger partial charge < -0.3 is 15.0 Å². The lowest BCUT2D eigenvalue weighted by Gasteiger charge is -2.19. The average molecular weight is 356 g/mol. The van der Waals surface area contributed by atoms with Crippen molar-refractivity contribution in [3.63, 3.8) is 0 Å². The predicted octanol–water partition coefficient (Wildman–Crippen LogP) is 1.97. The Labute approximate surface area is 152 Å². The Hall–Kier alpha value is -2.83. The van der Waals surface area contributed by atoms with E-state index in [0.717, 1.165) is 22.7 Å². The van der Waals surface area contributed by atoms with E-state index in [9.17, 15) is 9.59 Å². The molecule has 2 aromatic rings. The number of ether oxygens (including phenoxy) is 1. The number of benzene rings is 1. The van der Waals surface area contributed by atoms with Crippen LogP contribution in [0.4, 0.5) is 5.69 Å². The summed E-state index contributed by atoms with van der Waals surface area (Å²) in [5.74, 6) is 0.227. The van der Waals surface area contributed by atoms with Gasteiger partial charge in [-0.3, -0.25) is 14.3 Å². The molecule has 138 valence electrons. The van der Waals surface area contributed by atoms with Crippen LogP contribution >= 0.6 is 0 Å². The van der Waals surface area contributed by atoms with E-state index in [1.807, 2.05) is 45.2 Å². The molecule has 1 fully saturated rings. The molecule has 7 heteroatoms. The fraction of sp³-hybridized carbons (Fsp3) is 0.421. The zero-order valence-electron chi connectivity index (χ0n) is 15.5. The molecule has 1 aromatic heterocycles. The second-order valence-electron chi connectivity index (χ2n) is 6.64. The summed E-state index contributed by atoms with van der Waals surface area (Å²) in [4.78, 5) is 26.6. The number of hydrogen-bond acceptors (Lipinski definition) is 4. The molecule has 1 aliphatic rings. The highest BCUT2D eigenvalue weighted by atomic mass is 16.5. The molecule has 1 saturated heterocycles. The van der Waals surface area contributed by atoms with E-state index in [0.29, 0.717) is 6.54 Å². The molecule has 0 spiro atoms. The average Bonchev–Trinajstić information content (AvgIpc) is 3.18. The number of hydrogen-bond donors (Lipinski definition) is 1. The van der Waals surface area contributed by atoms with E-state index in [1.54, 1.807) is 22.9 Å². The third-order valence-corrected chi connectivity index (χ3v) is 4.98. The van der Waals surface area contributed by atoms with Crippen molar-refractivity contribution in [2.45, 2.75) is 26.3 Å². The van der Waals surface area contributed by atoms with Crippen molar-refractivity contribution in [3.8, 4) is 5.75 Å². The zero-order valence-corrected chi connectivity index (χ0v) is 15.5. The molecule has 2 atom stereocenters. The van der Waals surface area contributed by atoms with Gasteiger partial charge in [-0.15, -0.1) is 0 Å². The van der Waals surface area contributed by atoms with Crippen molar-refractivity contribution < 1.29 is 14.3 Å². The van der Waals surface area contributed by atoms with E-state index in [2.05, 4.69) is 10.4 Å². The van der Waals surface area contributed by atoms with Crippen LogP contribution in [-0.4, -0.2) is 35.2 Å². The molecule has 2 heterocycles. The summed E-state index contributed by atoms with van der Waals surface area (Å²) in [6, 6.07) is 7.13. The van der Waals surface area contributed by atoms with Crippen LogP contribution in [-0.2, 0) is 16.6 Å². The number of aromatic nitrogens is 2. The van der Waals surface area contributed by atoms with Gasteiger partial charge in [0.15, 0.2) is 0 Å². The van der Waals surface area contributed by atoms with Gasteiger partial charge in [0.25, 0.3) is 0 Å². The highest BCUT2D eigenvalue weighted by Crippen LogP contribution is 2.27. The van der Waals surface area contributed by atoms with Crippen molar-refractivity contribution in [1.29, 1.82) is 0 Å². The second-order valence-corrected chi connectivity index (χ2v) is 6.64. The van der Waals surface area contributed by atoms with Crippen LogP contribution in [0.2, 0.25) is 0 Å². The van der Waals surface area contributed by atoms with Crippen molar-refractivity contribution in [3.05, 3.63) is 41.7 Å². The molecule has 0 saturated carbocycles. The minimum Gasteiger partial charge on any atom is -0.497 e. The van der Waals surface area contributed by atoms with E-state index >= 15 is 0 Å². The lowest BCUT2D eigenvalue weighted by molar-refractivity contribution is -0.126. The smallest absolute Gasteiger partial charge is 0.227 e. The number of rotatable bonds is 5. The van der Waals surface area contributed by atoms with Gasteiger partial charge in [-0.25, -0.2) is 0 Å². The Morgan fingerprint density at radius 3 is 2.62 bits per heavy atom. The lowest BCUT2D eigenvalue weighted by atomic mass is 10.1. The van der Waals surface area contributed by atoms with E-state index < -0.39 is 0 Å². The van der Waals surface area contributed by atoms with E-state index in [4.69, 9.17) is 4.74 Å². The third kappa shape index (κ3) is 3.42. The van der Waals surface area contributed by atoms with Crippen molar-refractivity contribution >= 4 is 17.5 Å². The van der Waals surface area contributed by atoms with Crippen LogP contribution < -0.4 is 15.0 Å². The Kier molecular flexibility index (Phi) is 4.97. The van der Waals surface area contributed by atoms with E-state index in [-0.39, 0.29) is 30.2 Å². The third-order valence-electron chi connectivity index (χ3n) is 4.98. The van der Waals surface area contributed by atoms with Gasteiger partial charge in [0.2, 0.25) is 11.8 Å². The lowest BCUT2D eigenvalue weighted by Crippen LogP contribution is -2.34.